The van der Waals surface area contributed by atoms with E-state index >= 15 is 0 Å². The van der Waals surface area contributed by atoms with E-state index in [4.69, 9.17) is 18.2 Å². The average molecular weight is 308 g/mol. The number of nitrogens with zero attached hydrogens (tertiary/aromatic N) is 4. The molecule has 2 aromatic carbocycles. The van der Waals surface area contributed by atoms with Crippen LogP contribution in [0.15, 0.2) is 36.4 Å². The van der Waals surface area contributed by atoms with Gasteiger partial charge in [-0.25, -0.2) is 9.83 Å². The zero-order valence-corrected chi connectivity index (χ0v) is 12.4. The van der Waals surface area contributed by atoms with E-state index in [0.717, 1.165) is 33.5 Å². The molecular formula is C16H10ClN5. The van der Waals surface area contributed by atoms with Gasteiger partial charge in [0.1, 0.15) is 5.69 Å². The fourth-order valence-electron chi connectivity index (χ4n) is 2.62. The lowest BCUT2D eigenvalue weighted by molar-refractivity contribution is 0.946. The summed E-state index contributed by atoms with van der Waals surface area (Å²) in [5.41, 5.74) is 4.00. The predicted octanol–water partition coefficient (Wildman–Crippen LogP) is 4.32. The lowest BCUT2D eigenvalue weighted by Crippen LogP contribution is -1.93. The minimum Gasteiger partial charge on any atom is -0.326 e. The van der Waals surface area contributed by atoms with Crippen LogP contribution in [0.4, 0.5) is 5.69 Å². The van der Waals surface area contributed by atoms with Crippen LogP contribution in [0.25, 0.3) is 38.3 Å². The van der Waals surface area contributed by atoms with E-state index in [0.29, 0.717) is 10.7 Å². The van der Waals surface area contributed by atoms with Crippen molar-refractivity contribution in [1.82, 2.24) is 19.7 Å². The fraction of sp³-hybridized carbons (Fsp3) is 0.0625. The van der Waals surface area contributed by atoms with Crippen molar-refractivity contribution in [1.29, 1.82) is 0 Å². The summed E-state index contributed by atoms with van der Waals surface area (Å²) in [6.45, 7) is 7.08. The molecule has 0 saturated carbocycles. The SMILES string of the molecule is [C-]#[N+]c1ccc2c(-c3nc4ccc(Cl)cc4n3C)n[nH]c2c1. The number of aromatic nitrogens is 4. The molecule has 6 heteroatoms. The lowest BCUT2D eigenvalue weighted by atomic mass is 10.2. The first-order valence-electron chi connectivity index (χ1n) is 6.65. The Bertz CT molecular complexity index is 1070. The Morgan fingerprint density at radius 1 is 1.23 bits per heavy atom. The number of hydrogen-bond acceptors (Lipinski definition) is 2. The van der Waals surface area contributed by atoms with Crippen LogP contribution >= 0.6 is 11.6 Å². The Kier molecular flexibility index (Phi) is 2.68. The van der Waals surface area contributed by atoms with Gasteiger partial charge in [-0.1, -0.05) is 23.7 Å². The molecule has 0 radical (unpaired) electrons. The molecule has 0 fully saturated rings. The number of aromatic amines is 1. The van der Waals surface area contributed by atoms with Crippen LogP contribution in [0.1, 0.15) is 0 Å². The van der Waals surface area contributed by atoms with Crippen molar-refractivity contribution in [2.45, 2.75) is 0 Å². The number of nitrogens with one attached hydrogen (secondary N) is 1. The molecule has 5 nitrogen and oxygen atoms in total. The lowest BCUT2D eigenvalue weighted by Gasteiger charge is -2.00. The molecule has 0 aliphatic rings. The van der Waals surface area contributed by atoms with E-state index in [9.17, 15) is 0 Å². The van der Waals surface area contributed by atoms with Crippen molar-refractivity contribution in [2.75, 3.05) is 0 Å². The number of aryl methyl sites for hydroxylation is 1. The summed E-state index contributed by atoms with van der Waals surface area (Å²) in [7, 11) is 1.94. The van der Waals surface area contributed by atoms with Gasteiger partial charge in [-0.3, -0.25) is 5.10 Å². The zero-order chi connectivity index (χ0) is 15.3. The van der Waals surface area contributed by atoms with E-state index in [-0.39, 0.29) is 0 Å². The highest BCUT2D eigenvalue weighted by Gasteiger charge is 2.16. The quantitative estimate of drug-likeness (QED) is 0.532. The maximum absolute atomic E-state index is 7.08. The van der Waals surface area contributed by atoms with Crippen molar-refractivity contribution in [3.8, 4) is 11.5 Å². The van der Waals surface area contributed by atoms with Gasteiger partial charge in [0.15, 0.2) is 11.5 Å². The number of fused-ring (bicyclic) bond motifs is 2. The van der Waals surface area contributed by atoms with Gasteiger partial charge in [-0.2, -0.15) is 5.10 Å². The average Bonchev–Trinajstić information content (AvgIpc) is 3.08. The summed E-state index contributed by atoms with van der Waals surface area (Å²) in [4.78, 5) is 8.08. The Morgan fingerprint density at radius 3 is 2.91 bits per heavy atom. The normalized spacial score (nSPS) is 11.1. The van der Waals surface area contributed by atoms with Gasteiger partial charge >= 0.3 is 0 Å². The minimum atomic E-state index is 0.583. The Balaban J connectivity index is 1.99. The topological polar surface area (TPSA) is 50.9 Å². The molecule has 2 aromatic heterocycles. The Morgan fingerprint density at radius 2 is 2.09 bits per heavy atom. The third-order valence-electron chi connectivity index (χ3n) is 3.73. The van der Waals surface area contributed by atoms with Crippen LogP contribution in [0.3, 0.4) is 0 Å². The van der Waals surface area contributed by atoms with Gasteiger partial charge in [-0.15, -0.1) is 0 Å². The molecule has 2 heterocycles. The molecule has 0 bridgehead atoms. The largest absolute Gasteiger partial charge is 0.326 e. The van der Waals surface area contributed by atoms with E-state index in [1.807, 2.05) is 35.9 Å². The minimum absolute atomic E-state index is 0.583. The van der Waals surface area contributed by atoms with Crippen molar-refractivity contribution in [3.05, 3.63) is 52.8 Å². The Labute approximate surface area is 131 Å². The monoisotopic (exact) mass is 307 g/mol. The molecular weight excluding hydrogens is 298 g/mol. The van der Waals surface area contributed by atoms with Gasteiger partial charge in [-0.05, 0) is 24.3 Å². The summed E-state index contributed by atoms with van der Waals surface area (Å²) in [5.74, 6) is 0.763. The van der Waals surface area contributed by atoms with Crippen LogP contribution < -0.4 is 0 Å². The molecule has 4 aromatic rings. The molecule has 0 atom stereocenters. The van der Waals surface area contributed by atoms with E-state index in [2.05, 4.69) is 20.0 Å². The molecule has 0 saturated heterocycles. The Hall–Kier alpha value is -2.84. The summed E-state index contributed by atoms with van der Waals surface area (Å²) >= 11 is 6.06. The predicted molar refractivity (Wildman–Crippen MR) is 87.1 cm³/mol. The van der Waals surface area contributed by atoms with Crippen LogP contribution in [0.5, 0.6) is 0 Å². The second-order valence-corrected chi connectivity index (χ2v) is 5.48. The number of halogens is 1. The molecule has 0 aliphatic heterocycles. The number of imidazole rings is 1. The smallest absolute Gasteiger partial charge is 0.189 e. The van der Waals surface area contributed by atoms with Gasteiger partial charge in [0.2, 0.25) is 0 Å². The molecule has 0 unspecified atom stereocenters. The molecule has 1 N–H and O–H groups in total. The zero-order valence-electron chi connectivity index (χ0n) is 11.6. The van der Waals surface area contributed by atoms with Gasteiger partial charge in [0.25, 0.3) is 0 Å². The third kappa shape index (κ3) is 1.78. The fourth-order valence-corrected chi connectivity index (χ4v) is 2.79. The van der Waals surface area contributed by atoms with Crippen molar-refractivity contribution < 1.29 is 0 Å². The van der Waals surface area contributed by atoms with E-state index in [1.54, 1.807) is 12.1 Å². The number of hydrogen-bond donors (Lipinski definition) is 1. The molecule has 106 valence electrons. The molecule has 4 rings (SSSR count). The van der Waals surface area contributed by atoms with Gasteiger partial charge < -0.3 is 4.57 Å². The molecule has 22 heavy (non-hydrogen) atoms. The highest BCUT2D eigenvalue weighted by molar-refractivity contribution is 6.31. The number of rotatable bonds is 1. The maximum Gasteiger partial charge on any atom is 0.189 e. The summed E-state index contributed by atoms with van der Waals surface area (Å²) < 4.78 is 1.97. The van der Waals surface area contributed by atoms with E-state index in [1.165, 1.54) is 0 Å². The second-order valence-electron chi connectivity index (χ2n) is 5.04. The van der Waals surface area contributed by atoms with Crippen molar-refractivity contribution >= 4 is 39.2 Å². The second kappa shape index (κ2) is 4.58. The number of H-pyrrole nitrogens is 1. The summed E-state index contributed by atoms with van der Waals surface area (Å²) in [5, 5.41) is 8.96. The maximum atomic E-state index is 7.08. The molecule has 0 aliphatic carbocycles. The van der Waals surface area contributed by atoms with Crippen molar-refractivity contribution in [2.24, 2.45) is 7.05 Å². The first-order valence-corrected chi connectivity index (χ1v) is 7.03. The standard InChI is InChI=1S/C16H10ClN5/c1-18-10-4-5-11-13(8-10)20-21-15(11)16-19-12-6-3-9(17)7-14(12)22(16)2/h3-8H,2H3,(H,20,21). The third-order valence-corrected chi connectivity index (χ3v) is 3.97. The van der Waals surface area contributed by atoms with Crippen LogP contribution in [-0.4, -0.2) is 19.7 Å². The van der Waals surface area contributed by atoms with Gasteiger partial charge in [0, 0.05) is 17.5 Å². The first-order chi connectivity index (χ1) is 10.7. The molecule has 0 spiro atoms. The highest BCUT2D eigenvalue weighted by atomic mass is 35.5. The van der Waals surface area contributed by atoms with Crippen LogP contribution in [0.2, 0.25) is 5.02 Å². The molecule has 0 amide bonds. The first kappa shape index (κ1) is 12.9. The van der Waals surface area contributed by atoms with Crippen molar-refractivity contribution in [3.63, 3.8) is 0 Å². The van der Waals surface area contributed by atoms with Crippen LogP contribution in [-0.2, 0) is 7.05 Å². The number of benzene rings is 2. The van der Waals surface area contributed by atoms with Gasteiger partial charge in [0.05, 0.1) is 23.1 Å². The summed E-state index contributed by atoms with van der Waals surface area (Å²) in [6.07, 6.45) is 0. The van der Waals surface area contributed by atoms with Crippen LogP contribution in [0, 0.1) is 6.57 Å². The summed E-state index contributed by atoms with van der Waals surface area (Å²) in [6, 6.07) is 11.1. The highest BCUT2D eigenvalue weighted by Crippen LogP contribution is 2.30. The van der Waals surface area contributed by atoms with E-state index < -0.39 is 0 Å².